The normalized spacial score (nSPS) is 12.2. The van der Waals surface area contributed by atoms with Crippen molar-refractivity contribution in [1.82, 2.24) is 9.29 Å². The van der Waals surface area contributed by atoms with Gasteiger partial charge in [-0.05, 0) is 30.3 Å². The van der Waals surface area contributed by atoms with Crippen LogP contribution in [0.15, 0.2) is 58.8 Å². The molecule has 0 aliphatic heterocycles. The second kappa shape index (κ2) is 8.17. The summed E-state index contributed by atoms with van der Waals surface area (Å²) in [5.74, 6) is -0.713. The Morgan fingerprint density at radius 1 is 1.10 bits per heavy atom. The van der Waals surface area contributed by atoms with Gasteiger partial charge in [0, 0.05) is 30.6 Å². The van der Waals surface area contributed by atoms with Gasteiger partial charge in [0.1, 0.15) is 0 Å². The number of halogens is 3. The summed E-state index contributed by atoms with van der Waals surface area (Å²) in [6.45, 7) is 0. The number of alkyl halides is 3. The van der Waals surface area contributed by atoms with Crippen LogP contribution in [0.3, 0.4) is 0 Å². The molecule has 1 amide bonds. The van der Waals surface area contributed by atoms with Crippen molar-refractivity contribution in [3.63, 3.8) is 0 Å². The number of benzene rings is 2. The quantitative estimate of drug-likeness (QED) is 0.621. The summed E-state index contributed by atoms with van der Waals surface area (Å²) in [5, 5.41) is 4.33. The van der Waals surface area contributed by atoms with Gasteiger partial charge in [-0.2, -0.15) is 13.2 Å². The molecule has 158 valence electrons. The van der Waals surface area contributed by atoms with Crippen molar-refractivity contribution in [2.45, 2.75) is 11.1 Å². The van der Waals surface area contributed by atoms with Gasteiger partial charge in [-0.15, -0.1) is 11.3 Å². The number of anilines is 1. The number of amides is 1. The number of hydrogen-bond acceptors (Lipinski definition) is 5. The molecule has 3 rings (SSSR count). The highest BCUT2D eigenvalue weighted by molar-refractivity contribution is 7.89. The molecule has 0 atom stereocenters. The van der Waals surface area contributed by atoms with E-state index in [9.17, 15) is 26.4 Å². The Morgan fingerprint density at radius 3 is 2.37 bits per heavy atom. The molecule has 0 radical (unpaired) electrons. The summed E-state index contributed by atoms with van der Waals surface area (Å²) in [6, 6.07) is 10.2. The van der Waals surface area contributed by atoms with Crippen LogP contribution in [0.5, 0.6) is 0 Å². The fraction of sp³-hybridized carbons (Fsp3) is 0.158. The fourth-order valence-corrected chi connectivity index (χ4v) is 4.09. The van der Waals surface area contributed by atoms with Gasteiger partial charge in [0.25, 0.3) is 5.91 Å². The number of thiazole rings is 1. The first-order chi connectivity index (χ1) is 14.0. The highest BCUT2D eigenvalue weighted by atomic mass is 32.2. The lowest BCUT2D eigenvalue weighted by atomic mass is 10.1. The summed E-state index contributed by atoms with van der Waals surface area (Å²) in [5.41, 5.74) is 0.0687. The monoisotopic (exact) mass is 455 g/mol. The molecular weight excluding hydrogens is 439 g/mol. The number of rotatable bonds is 5. The number of carbonyl (C=O) groups is 1. The molecule has 0 aliphatic rings. The molecule has 2 aromatic carbocycles. The molecule has 1 N–H and O–H groups in total. The van der Waals surface area contributed by atoms with Crippen LogP contribution in [-0.2, 0) is 16.2 Å². The van der Waals surface area contributed by atoms with E-state index in [4.69, 9.17) is 0 Å². The predicted molar refractivity (Wildman–Crippen MR) is 108 cm³/mol. The van der Waals surface area contributed by atoms with E-state index < -0.39 is 27.7 Å². The molecule has 3 aromatic rings. The summed E-state index contributed by atoms with van der Waals surface area (Å²) >= 11 is 1.10. The average Bonchev–Trinajstić information content (AvgIpc) is 3.16. The van der Waals surface area contributed by atoms with Gasteiger partial charge in [0.15, 0.2) is 5.13 Å². The lowest BCUT2D eigenvalue weighted by Crippen LogP contribution is -2.22. The van der Waals surface area contributed by atoms with E-state index in [1.54, 1.807) is 17.5 Å². The minimum Gasteiger partial charge on any atom is -0.298 e. The van der Waals surface area contributed by atoms with Gasteiger partial charge in [-0.1, -0.05) is 18.2 Å². The SMILES string of the molecule is CN(C)S(=O)(=O)c1ccc(-c2csc(NC(=O)c3cccc(C(F)(F)F)c3)n2)cc1. The van der Waals surface area contributed by atoms with Crippen molar-refractivity contribution in [1.29, 1.82) is 0 Å². The van der Waals surface area contributed by atoms with E-state index in [1.165, 1.54) is 32.3 Å². The second-order valence-electron chi connectivity index (χ2n) is 6.38. The number of aromatic nitrogens is 1. The van der Waals surface area contributed by atoms with Crippen molar-refractivity contribution in [3.05, 3.63) is 65.0 Å². The van der Waals surface area contributed by atoms with Gasteiger partial charge >= 0.3 is 6.18 Å². The third-order valence-electron chi connectivity index (χ3n) is 4.11. The Morgan fingerprint density at radius 2 is 1.77 bits per heavy atom. The largest absolute Gasteiger partial charge is 0.416 e. The standard InChI is InChI=1S/C19H16F3N3O3S2/c1-25(2)30(27,28)15-8-6-12(7-9-15)16-11-29-18(23-16)24-17(26)13-4-3-5-14(10-13)19(20,21)22/h3-11H,1-2H3,(H,23,24,26). The molecule has 30 heavy (non-hydrogen) atoms. The first-order valence-electron chi connectivity index (χ1n) is 8.45. The Hall–Kier alpha value is -2.76. The zero-order valence-electron chi connectivity index (χ0n) is 15.8. The maximum atomic E-state index is 12.8. The third kappa shape index (κ3) is 4.69. The number of carbonyl (C=O) groups excluding carboxylic acids is 1. The Bertz CT molecular complexity index is 1170. The van der Waals surface area contributed by atoms with E-state index in [1.807, 2.05) is 0 Å². The molecule has 6 nitrogen and oxygen atoms in total. The Kier molecular flexibility index (Phi) is 5.97. The number of nitrogens with one attached hydrogen (secondary N) is 1. The van der Waals surface area contributed by atoms with Gasteiger partial charge in [-0.25, -0.2) is 17.7 Å². The van der Waals surface area contributed by atoms with Crippen LogP contribution in [0.2, 0.25) is 0 Å². The van der Waals surface area contributed by atoms with Crippen LogP contribution in [0.4, 0.5) is 18.3 Å². The molecule has 0 saturated heterocycles. The number of hydrogen-bond donors (Lipinski definition) is 1. The first kappa shape index (κ1) is 21.9. The van der Waals surface area contributed by atoms with Crippen molar-refractivity contribution in [3.8, 4) is 11.3 Å². The molecule has 0 unspecified atom stereocenters. The van der Waals surface area contributed by atoms with Gasteiger partial charge in [0.05, 0.1) is 16.2 Å². The van der Waals surface area contributed by atoms with E-state index in [2.05, 4.69) is 10.3 Å². The van der Waals surface area contributed by atoms with Crippen molar-refractivity contribution in [2.75, 3.05) is 19.4 Å². The number of sulfonamides is 1. The van der Waals surface area contributed by atoms with Gasteiger partial charge in [-0.3, -0.25) is 10.1 Å². The van der Waals surface area contributed by atoms with Crippen LogP contribution in [0, 0.1) is 0 Å². The summed E-state index contributed by atoms with van der Waals surface area (Å²) < 4.78 is 63.8. The molecular formula is C19H16F3N3O3S2. The molecule has 1 aromatic heterocycles. The minimum absolute atomic E-state index is 0.129. The Balaban J connectivity index is 1.76. The lowest BCUT2D eigenvalue weighted by Gasteiger charge is -2.11. The molecule has 0 fully saturated rings. The highest BCUT2D eigenvalue weighted by Crippen LogP contribution is 2.30. The van der Waals surface area contributed by atoms with Gasteiger partial charge in [0.2, 0.25) is 10.0 Å². The second-order valence-corrected chi connectivity index (χ2v) is 9.39. The van der Waals surface area contributed by atoms with Crippen LogP contribution in [0.1, 0.15) is 15.9 Å². The third-order valence-corrected chi connectivity index (χ3v) is 6.69. The summed E-state index contributed by atoms with van der Waals surface area (Å²) in [4.78, 5) is 16.7. The zero-order chi connectivity index (χ0) is 22.1. The zero-order valence-corrected chi connectivity index (χ0v) is 17.4. The molecule has 0 spiro atoms. The number of nitrogens with zero attached hydrogens (tertiary/aromatic N) is 2. The van der Waals surface area contributed by atoms with E-state index in [0.29, 0.717) is 11.3 Å². The molecule has 0 saturated carbocycles. The predicted octanol–water partition coefficient (Wildman–Crippen LogP) is 4.33. The van der Waals surface area contributed by atoms with Crippen LogP contribution < -0.4 is 5.32 Å². The topological polar surface area (TPSA) is 79.4 Å². The first-order valence-corrected chi connectivity index (χ1v) is 10.8. The smallest absolute Gasteiger partial charge is 0.298 e. The maximum Gasteiger partial charge on any atom is 0.416 e. The average molecular weight is 455 g/mol. The summed E-state index contributed by atoms with van der Waals surface area (Å²) in [7, 11) is -0.686. The van der Waals surface area contributed by atoms with Crippen molar-refractivity contribution >= 4 is 32.4 Å². The van der Waals surface area contributed by atoms with E-state index in [-0.39, 0.29) is 15.6 Å². The van der Waals surface area contributed by atoms with Crippen LogP contribution in [0.25, 0.3) is 11.3 Å². The minimum atomic E-state index is -4.54. The fourth-order valence-electron chi connectivity index (χ4n) is 2.48. The van der Waals surface area contributed by atoms with E-state index in [0.717, 1.165) is 33.8 Å². The molecule has 0 aliphatic carbocycles. The molecule has 11 heteroatoms. The highest BCUT2D eigenvalue weighted by Gasteiger charge is 2.31. The van der Waals surface area contributed by atoms with Crippen LogP contribution >= 0.6 is 11.3 Å². The Labute approximate surface area is 175 Å². The maximum absolute atomic E-state index is 12.8. The van der Waals surface area contributed by atoms with Gasteiger partial charge < -0.3 is 0 Å². The summed E-state index contributed by atoms with van der Waals surface area (Å²) in [6.07, 6.45) is -4.54. The lowest BCUT2D eigenvalue weighted by molar-refractivity contribution is -0.137. The van der Waals surface area contributed by atoms with Crippen molar-refractivity contribution < 1.29 is 26.4 Å². The van der Waals surface area contributed by atoms with E-state index >= 15 is 0 Å². The molecule has 0 bridgehead atoms. The molecule has 1 heterocycles. The van der Waals surface area contributed by atoms with Crippen LogP contribution in [-0.4, -0.2) is 37.7 Å². The van der Waals surface area contributed by atoms with Crippen molar-refractivity contribution in [2.24, 2.45) is 0 Å².